The van der Waals surface area contributed by atoms with E-state index in [1.165, 1.54) is 6.42 Å². The number of rotatable bonds is 3. The lowest BCUT2D eigenvalue weighted by molar-refractivity contribution is -0.125. The minimum atomic E-state index is -0.635. The van der Waals surface area contributed by atoms with Crippen LogP contribution in [0.25, 0.3) is 0 Å². The van der Waals surface area contributed by atoms with Crippen LogP contribution in [0, 0.1) is 11.3 Å². The third-order valence-electron chi connectivity index (χ3n) is 5.48. The summed E-state index contributed by atoms with van der Waals surface area (Å²) in [7, 11) is 0. The van der Waals surface area contributed by atoms with Crippen LogP contribution in [0.3, 0.4) is 0 Å². The van der Waals surface area contributed by atoms with Crippen molar-refractivity contribution in [1.29, 1.82) is 0 Å². The number of nitrogens with one attached hydrogen (secondary N) is 2. The Morgan fingerprint density at radius 1 is 1.16 bits per heavy atom. The summed E-state index contributed by atoms with van der Waals surface area (Å²) in [6.45, 7) is 2.55. The molecule has 2 saturated carbocycles. The van der Waals surface area contributed by atoms with E-state index in [0.717, 1.165) is 58.0 Å². The molecule has 3 aliphatic rings. The molecule has 19 heavy (non-hydrogen) atoms. The second-order valence-electron chi connectivity index (χ2n) is 6.87. The van der Waals surface area contributed by atoms with Crippen LogP contribution in [0.2, 0.25) is 0 Å². The molecule has 1 atom stereocenters. The molecule has 1 unspecified atom stereocenters. The van der Waals surface area contributed by atoms with E-state index >= 15 is 0 Å². The molecule has 0 radical (unpaired) electrons. The molecule has 0 bridgehead atoms. The van der Waals surface area contributed by atoms with E-state index < -0.39 is 5.60 Å². The van der Waals surface area contributed by atoms with Crippen molar-refractivity contribution in [2.75, 3.05) is 19.6 Å². The summed E-state index contributed by atoms with van der Waals surface area (Å²) in [6.07, 6.45) is 8.40. The van der Waals surface area contributed by atoms with Gasteiger partial charge < -0.3 is 15.7 Å². The zero-order valence-electron chi connectivity index (χ0n) is 11.7. The highest BCUT2D eigenvalue weighted by molar-refractivity contribution is 5.82. The third kappa shape index (κ3) is 2.79. The Morgan fingerprint density at radius 3 is 2.53 bits per heavy atom. The van der Waals surface area contributed by atoms with Gasteiger partial charge in [-0.05, 0) is 50.6 Å². The molecule has 1 heterocycles. The highest BCUT2D eigenvalue weighted by Gasteiger charge is 2.57. The first-order valence-corrected chi connectivity index (χ1v) is 7.85. The topological polar surface area (TPSA) is 61.4 Å². The largest absolute Gasteiger partial charge is 0.388 e. The molecule has 2 aliphatic carbocycles. The molecule has 4 heteroatoms. The van der Waals surface area contributed by atoms with Crippen LogP contribution < -0.4 is 10.6 Å². The minimum absolute atomic E-state index is 0.181. The van der Waals surface area contributed by atoms with Gasteiger partial charge in [-0.25, -0.2) is 0 Å². The van der Waals surface area contributed by atoms with Gasteiger partial charge in [0.05, 0.1) is 5.60 Å². The van der Waals surface area contributed by atoms with Crippen LogP contribution in [0.4, 0.5) is 0 Å². The zero-order chi connectivity index (χ0) is 13.3. The zero-order valence-corrected chi connectivity index (χ0v) is 11.7. The first-order chi connectivity index (χ1) is 9.14. The molecular weight excluding hydrogens is 240 g/mol. The highest BCUT2D eigenvalue weighted by atomic mass is 16.3. The van der Waals surface area contributed by atoms with Crippen molar-refractivity contribution < 1.29 is 9.90 Å². The van der Waals surface area contributed by atoms with Crippen molar-refractivity contribution >= 4 is 5.91 Å². The van der Waals surface area contributed by atoms with E-state index in [2.05, 4.69) is 10.6 Å². The van der Waals surface area contributed by atoms with Crippen molar-refractivity contribution in [2.45, 2.75) is 57.0 Å². The van der Waals surface area contributed by atoms with Gasteiger partial charge in [0.25, 0.3) is 0 Å². The van der Waals surface area contributed by atoms with Gasteiger partial charge in [0.1, 0.15) is 0 Å². The number of hydrogen-bond acceptors (Lipinski definition) is 3. The molecule has 0 aromatic carbocycles. The van der Waals surface area contributed by atoms with E-state index in [4.69, 9.17) is 0 Å². The first-order valence-electron chi connectivity index (χ1n) is 7.85. The van der Waals surface area contributed by atoms with E-state index in [0.29, 0.717) is 12.0 Å². The van der Waals surface area contributed by atoms with Gasteiger partial charge >= 0.3 is 0 Å². The molecule has 4 nitrogen and oxygen atoms in total. The molecule has 3 fully saturated rings. The lowest BCUT2D eigenvalue weighted by atomic mass is 9.85. The molecule has 3 N–H and O–H groups in total. The van der Waals surface area contributed by atoms with E-state index in [9.17, 15) is 9.90 Å². The van der Waals surface area contributed by atoms with Gasteiger partial charge in [-0.1, -0.05) is 19.3 Å². The fraction of sp³-hybridized carbons (Fsp3) is 0.933. The van der Waals surface area contributed by atoms with Crippen LogP contribution in [-0.2, 0) is 4.79 Å². The standard InChI is InChI=1S/C15H26N2O2/c18-13(12-10-14(12)6-8-16-9-7-14)17-11-15(19)4-2-1-3-5-15/h12,16,19H,1-11H2,(H,17,18). The monoisotopic (exact) mass is 266 g/mol. The molecular formula is C15H26N2O2. The lowest BCUT2D eigenvalue weighted by Crippen LogP contribution is -2.45. The summed E-state index contributed by atoms with van der Waals surface area (Å²) in [5.74, 6) is 0.391. The van der Waals surface area contributed by atoms with Crippen LogP contribution in [0.15, 0.2) is 0 Å². The lowest BCUT2D eigenvalue weighted by Gasteiger charge is -2.32. The van der Waals surface area contributed by atoms with E-state index in [1.807, 2.05) is 0 Å². The Kier molecular flexibility index (Phi) is 3.56. The molecule has 1 spiro atoms. The van der Waals surface area contributed by atoms with Crippen molar-refractivity contribution in [1.82, 2.24) is 10.6 Å². The van der Waals surface area contributed by atoms with E-state index in [-0.39, 0.29) is 11.8 Å². The summed E-state index contributed by atoms with van der Waals surface area (Å²) in [4.78, 5) is 12.2. The quantitative estimate of drug-likeness (QED) is 0.719. The Bertz CT molecular complexity index is 344. The number of carbonyl (C=O) groups excluding carboxylic acids is 1. The Morgan fingerprint density at radius 2 is 1.84 bits per heavy atom. The molecule has 1 amide bonds. The van der Waals surface area contributed by atoms with Gasteiger partial charge in [0.15, 0.2) is 0 Å². The summed E-state index contributed by atoms with van der Waals surface area (Å²) in [6, 6.07) is 0. The summed E-state index contributed by atoms with van der Waals surface area (Å²) < 4.78 is 0. The van der Waals surface area contributed by atoms with Crippen LogP contribution >= 0.6 is 0 Å². The van der Waals surface area contributed by atoms with Gasteiger partial charge in [-0.3, -0.25) is 4.79 Å². The number of piperidine rings is 1. The second kappa shape index (κ2) is 5.06. The Hall–Kier alpha value is -0.610. The predicted molar refractivity (Wildman–Crippen MR) is 73.7 cm³/mol. The number of aliphatic hydroxyl groups is 1. The number of hydrogen-bond donors (Lipinski definition) is 3. The van der Waals surface area contributed by atoms with Crippen molar-refractivity contribution in [3.8, 4) is 0 Å². The summed E-state index contributed by atoms with van der Waals surface area (Å²) >= 11 is 0. The third-order valence-corrected chi connectivity index (χ3v) is 5.48. The highest BCUT2D eigenvalue weighted by Crippen LogP contribution is 2.58. The summed E-state index contributed by atoms with van der Waals surface area (Å²) in [5, 5.41) is 16.8. The van der Waals surface area contributed by atoms with E-state index in [1.54, 1.807) is 0 Å². The maximum absolute atomic E-state index is 12.2. The van der Waals surface area contributed by atoms with Crippen LogP contribution in [0.5, 0.6) is 0 Å². The van der Waals surface area contributed by atoms with Crippen molar-refractivity contribution in [2.24, 2.45) is 11.3 Å². The van der Waals surface area contributed by atoms with Gasteiger partial charge in [-0.15, -0.1) is 0 Å². The normalized spacial score (nSPS) is 31.9. The summed E-state index contributed by atoms with van der Waals surface area (Å²) in [5.41, 5.74) is -0.339. The van der Waals surface area contributed by atoms with Gasteiger partial charge in [-0.2, -0.15) is 0 Å². The average molecular weight is 266 g/mol. The predicted octanol–water partition coefficient (Wildman–Crippen LogP) is 1.19. The van der Waals surface area contributed by atoms with Crippen molar-refractivity contribution in [3.05, 3.63) is 0 Å². The fourth-order valence-electron chi connectivity index (χ4n) is 3.96. The van der Waals surface area contributed by atoms with Gasteiger partial charge in [0.2, 0.25) is 5.91 Å². The maximum atomic E-state index is 12.2. The average Bonchev–Trinajstić information content (AvgIpc) is 3.11. The second-order valence-corrected chi connectivity index (χ2v) is 6.87. The minimum Gasteiger partial charge on any atom is -0.388 e. The van der Waals surface area contributed by atoms with Crippen LogP contribution in [0.1, 0.15) is 51.4 Å². The van der Waals surface area contributed by atoms with Crippen molar-refractivity contribution in [3.63, 3.8) is 0 Å². The number of amides is 1. The Labute approximate surface area is 115 Å². The van der Waals surface area contributed by atoms with Crippen LogP contribution in [-0.4, -0.2) is 36.2 Å². The molecule has 1 saturated heterocycles. The molecule has 0 aromatic heterocycles. The number of carbonyl (C=O) groups is 1. The molecule has 3 rings (SSSR count). The first kappa shape index (κ1) is 13.4. The molecule has 0 aromatic rings. The Balaban J connectivity index is 1.47. The van der Waals surface area contributed by atoms with Gasteiger partial charge in [0, 0.05) is 12.5 Å². The molecule has 1 aliphatic heterocycles. The fourth-order valence-corrected chi connectivity index (χ4v) is 3.96. The maximum Gasteiger partial charge on any atom is 0.223 e. The SMILES string of the molecule is O=C(NCC1(O)CCCCC1)C1CC12CCNCC2. The smallest absolute Gasteiger partial charge is 0.223 e. The molecule has 108 valence electrons.